The van der Waals surface area contributed by atoms with E-state index < -0.39 is 23.9 Å². The minimum absolute atomic E-state index is 0.0662. The summed E-state index contributed by atoms with van der Waals surface area (Å²) in [4.78, 5) is 33.0. The number of anilines is 1. The molecular weight excluding hydrogens is 365 g/mol. The number of aromatic nitrogens is 2. The molecule has 0 unspecified atom stereocenters. The zero-order chi connectivity index (χ0) is 20.5. The number of ether oxygens (including phenoxy) is 1. The molecule has 0 radical (unpaired) electrons. The van der Waals surface area contributed by atoms with Gasteiger partial charge in [-0.05, 0) is 33.3 Å². The van der Waals surface area contributed by atoms with E-state index in [4.69, 9.17) is 4.74 Å². The number of piperidine rings is 1. The zero-order valence-corrected chi connectivity index (χ0v) is 16.5. The summed E-state index contributed by atoms with van der Waals surface area (Å²) in [7, 11) is 1.53. The van der Waals surface area contributed by atoms with Gasteiger partial charge in [0.1, 0.15) is 17.4 Å². The van der Waals surface area contributed by atoms with Crippen molar-refractivity contribution in [3.8, 4) is 0 Å². The maximum Gasteiger partial charge on any atom is 0.410 e. The number of aromatic amines is 1. The van der Waals surface area contributed by atoms with Crippen LogP contribution in [0.1, 0.15) is 37.6 Å². The van der Waals surface area contributed by atoms with Gasteiger partial charge in [0.2, 0.25) is 0 Å². The van der Waals surface area contributed by atoms with E-state index in [2.05, 4.69) is 20.6 Å². The van der Waals surface area contributed by atoms with Crippen molar-refractivity contribution in [2.75, 3.05) is 25.5 Å². The molecule has 1 aliphatic rings. The second-order valence-corrected chi connectivity index (χ2v) is 7.85. The van der Waals surface area contributed by atoms with Gasteiger partial charge >= 0.3 is 6.09 Å². The van der Waals surface area contributed by atoms with Gasteiger partial charge in [-0.1, -0.05) is 0 Å². The molecule has 1 fully saturated rings. The first kappa shape index (κ1) is 19.9. The van der Waals surface area contributed by atoms with E-state index in [0.29, 0.717) is 35.2 Å². The molecule has 8 nitrogen and oxygen atoms in total. The number of carbonyl (C=O) groups is 2. The van der Waals surface area contributed by atoms with Crippen molar-refractivity contribution in [3.63, 3.8) is 0 Å². The Kier molecular flexibility index (Phi) is 5.44. The molecule has 2 aromatic heterocycles. The summed E-state index contributed by atoms with van der Waals surface area (Å²) < 4.78 is 20.2. The van der Waals surface area contributed by atoms with Crippen molar-refractivity contribution in [1.82, 2.24) is 20.2 Å². The molecule has 2 atom stereocenters. The van der Waals surface area contributed by atoms with Crippen molar-refractivity contribution in [2.45, 2.75) is 45.0 Å². The zero-order valence-electron chi connectivity index (χ0n) is 16.5. The van der Waals surface area contributed by atoms with Gasteiger partial charge in [0.05, 0.1) is 23.8 Å². The van der Waals surface area contributed by atoms with Crippen molar-refractivity contribution in [2.24, 2.45) is 0 Å². The van der Waals surface area contributed by atoms with Crippen LogP contribution < -0.4 is 10.6 Å². The van der Waals surface area contributed by atoms with Crippen LogP contribution in [0.4, 0.5) is 14.9 Å². The molecule has 2 aromatic rings. The Morgan fingerprint density at radius 1 is 1.39 bits per heavy atom. The van der Waals surface area contributed by atoms with E-state index in [1.807, 2.05) is 0 Å². The molecule has 0 aliphatic carbocycles. The van der Waals surface area contributed by atoms with Crippen molar-refractivity contribution < 1.29 is 18.7 Å². The van der Waals surface area contributed by atoms with Gasteiger partial charge in [0.15, 0.2) is 0 Å². The fourth-order valence-electron chi connectivity index (χ4n) is 3.22. The quantitative estimate of drug-likeness (QED) is 0.747. The lowest BCUT2D eigenvalue weighted by molar-refractivity contribution is 0.0125. The Balaban J connectivity index is 1.77. The highest BCUT2D eigenvalue weighted by Crippen LogP contribution is 2.29. The average Bonchev–Trinajstić information content (AvgIpc) is 3.10. The van der Waals surface area contributed by atoms with E-state index in [1.54, 1.807) is 33.0 Å². The van der Waals surface area contributed by atoms with Crippen LogP contribution >= 0.6 is 0 Å². The van der Waals surface area contributed by atoms with Crippen LogP contribution in [-0.2, 0) is 4.74 Å². The Morgan fingerprint density at radius 3 is 2.79 bits per heavy atom. The van der Waals surface area contributed by atoms with Crippen LogP contribution in [-0.4, -0.2) is 64.8 Å². The van der Waals surface area contributed by atoms with Crippen LogP contribution in [0.3, 0.4) is 0 Å². The van der Waals surface area contributed by atoms with E-state index >= 15 is 0 Å². The first-order valence-electron chi connectivity index (χ1n) is 9.26. The molecule has 1 aliphatic heterocycles. The summed E-state index contributed by atoms with van der Waals surface area (Å²) in [5, 5.41) is 6.47. The van der Waals surface area contributed by atoms with Gasteiger partial charge in [-0.15, -0.1) is 0 Å². The molecule has 28 heavy (non-hydrogen) atoms. The SMILES string of the molecule is CNC(=O)c1cnc2[nH]ccc2c1N[C@@H]1CCN(C(=O)OC(C)(C)C)C[C@H]1F. The number of halogens is 1. The molecule has 2 amide bonds. The van der Waals surface area contributed by atoms with Crippen LogP contribution in [0.15, 0.2) is 18.5 Å². The maximum atomic E-state index is 14.9. The summed E-state index contributed by atoms with van der Waals surface area (Å²) in [6, 6.07) is 1.25. The van der Waals surface area contributed by atoms with Crippen molar-refractivity contribution in [1.29, 1.82) is 0 Å². The number of H-pyrrole nitrogens is 1. The standard InChI is InChI=1S/C19H26FN5O3/c1-19(2,3)28-18(27)25-8-6-14(13(20)10-25)24-15-11-5-7-22-16(11)23-9-12(15)17(26)21-4/h5,7,9,13-14H,6,8,10H2,1-4H3,(H,21,26)(H2,22,23,24)/t13-,14-/m1/s1. The van der Waals surface area contributed by atoms with Gasteiger partial charge < -0.3 is 25.3 Å². The normalized spacial score (nSPS) is 20.1. The lowest BCUT2D eigenvalue weighted by atomic mass is 10.0. The number of alkyl halides is 1. The van der Waals surface area contributed by atoms with Gasteiger partial charge in [-0.2, -0.15) is 0 Å². The van der Waals surface area contributed by atoms with E-state index in [1.165, 1.54) is 18.1 Å². The smallest absolute Gasteiger partial charge is 0.410 e. The van der Waals surface area contributed by atoms with Gasteiger partial charge in [-0.3, -0.25) is 4.79 Å². The van der Waals surface area contributed by atoms with E-state index in [-0.39, 0.29) is 12.5 Å². The Bertz CT molecular complexity index is 876. The number of likely N-dealkylation sites (tertiary alicyclic amines) is 1. The number of pyridine rings is 1. The highest BCUT2D eigenvalue weighted by Gasteiger charge is 2.34. The number of hydrogen-bond donors (Lipinski definition) is 3. The molecule has 0 spiro atoms. The highest BCUT2D eigenvalue weighted by atomic mass is 19.1. The molecule has 1 saturated heterocycles. The molecule has 3 N–H and O–H groups in total. The molecular formula is C19H26FN5O3. The molecule has 0 saturated carbocycles. The van der Waals surface area contributed by atoms with Gasteiger partial charge in [0, 0.05) is 31.4 Å². The molecule has 3 heterocycles. The summed E-state index contributed by atoms with van der Waals surface area (Å²) in [5.74, 6) is -0.306. The number of hydrogen-bond acceptors (Lipinski definition) is 5. The molecule has 9 heteroatoms. The number of rotatable bonds is 3. The number of fused-ring (bicyclic) bond motifs is 1. The summed E-state index contributed by atoms with van der Waals surface area (Å²) in [5.41, 5.74) is 0.856. The Hall–Kier alpha value is -2.84. The first-order chi connectivity index (χ1) is 13.2. The second-order valence-electron chi connectivity index (χ2n) is 7.85. The van der Waals surface area contributed by atoms with Crippen LogP contribution in [0.25, 0.3) is 11.0 Å². The second kappa shape index (κ2) is 7.65. The van der Waals surface area contributed by atoms with E-state index in [0.717, 1.165) is 0 Å². The minimum Gasteiger partial charge on any atom is -0.444 e. The third-order valence-corrected chi connectivity index (χ3v) is 4.58. The Labute approximate surface area is 162 Å². The van der Waals surface area contributed by atoms with Crippen molar-refractivity contribution >= 4 is 28.7 Å². The maximum absolute atomic E-state index is 14.9. The van der Waals surface area contributed by atoms with E-state index in [9.17, 15) is 14.0 Å². The Morgan fingerprint density at radius 2 is 2.14 bits per heavy atom. The summed E-state index contributed by atoms with van der Waals surface area (Å²) in [6.45, 7) is 5.63. The molecule has 0 bridgehead atoms. The lowest BCUT2D eigenvalue weighted by Gasteiger charge is -2.36. The summed E-state index contributed by atoms with van der Waals surface area (Å²) in [6.07, 6.45) is 1.75. The minimum atomic E-state index is -1.30. The van der Waals surface area contributed by atoms with Crippen LogP contribution in [0, 0.1) is 0 Å². The molecule has 152 valence electrons. The van der Waals surface area contributed by atoms with Gasteiger partial charge in [0.25, 0.3) is 5.91 Å². The number of nitrogens with zero attached hydrogens (tertiary/aromatic N) is 2. The predicted octanol–water partition coefficient (Wildman–Crippen LogP) is 2.68. The molecule has 3 rings (SSSR count). The predicted molar refractivity (Wildman–Crippen MR) is 104 cm³/mol. The monoisotopic (exact) mass is 391 g/mol. The first-order valence-corrected chi connectivity index (χ1v) is 9.26. The van der Waals surface area contributed by atoms with Crippen molar-refractivity contribution in [3.05, 3.63) is 24.0 Å². The topological polar surface area (TPSA) is 99.4 Å². The largest absolute Gasteiger partial charge is 0.444 e. The van der Waals surface area contributed by atoms with Crippen LogP contribution in [0.2, 0.25) is 0 Å². The fourth-order valence-corrected chi connectivity index (χ4v) is 3.22. The van der Waals surface area contributed by atoms with Crippen LogP contribution in [0.5, 0.6) is 0 Å². The number of carbonyl (C=O) groups excluding carboxylic acids is 2. The number of amides is 2. The van der Waals surface area contributed by atoms with Gasteiger partial charge in [-0.25, -0.2) is 14.2 Å². The fraction of sp³-hybridized carbons (Fsp3) is 0.526. The summed E-state index contributed by atoms with van der Waals surface area (Å²) >= 11 is 0. The molecule has 0 aromatic carbocycles. The highest BCUT2D eigenvalue weighted by molar-refractivity contribution is 6.06. The average molecular weight is 391 g/mol. The lowest BCUT2D eigenvalue weighted by Crippen LogP contribution is -2.51. The third-order valence-electron chi connectivity index (χ3n) is 4.58. The number of nitrogens with one attached hydrogen (secondary N) is 3. The third kappa shape index (κ3) is 4.18.